The zero-order valence-corrected chi connectivity index (χ0v) is 9.99. The summed E-state index contributed by atoms with van der Waals surface area (Å²) in [5, 5.41) is 10.8. The van der Waals surface area contributed by atoms with Crippen molar-refractivity contribution in [2.24, 2.45) is 0 Å². The van der Waals surface area contributed by atoms with E-state index in [4.69, 9.17) is 4.74 Å². The van der Waals surface area contributed by atoms with Crippen molar-refractivity contribution in [3.8, 4) is 5.75 Å². The van der Waals surface area contributed by atoms with Crippen LogP contribution in [0.15, 0.2) is 24.3 Å². The van der Waals surface area contributed by atoms with Crippen LogP contribution in [0.4, 0.5) is 5.69 Å². The minimum atomic E-state index is -0.402. The lowest BCUT2D eigenvalue weighted by Crippen LogP contribution is -1.93. The number of hydrogen-bond donors (Lipinski definition) is 0. The summed E-state index contributed by atoms with van der Waals surface area (Å²) in [5.41, 5.74) is 0.663. The van der Waals surface area contributed by atoms with Gasteiger partial charge >= 0.3 is 0 Å². The first kappa shape index (κ1) is 12.6. The van der Waals surface area contributed by atoms with Gasteiger partial charge in [0, 0.05) is 5.75 Å². The van der Waals surface area contributed by atoms with Gasteiger partial charge < -0.3 is 4.74 Å². The highest BCUT2D eigenvalue weighted by Crippen LogP contribution is 2.25. The molecule has 0 radical (unpaired) electrons. The van der Waals surface area contributed by atoms with Crippen molar-refractivity contribution in [3.63, 3.8) is 0 Å². The molecule has 0 saturated carbocycles. The molecule has 5 heteroatoms. The van der Waals surface area contributed by atoms with Crippen LogP contribution in [0.3, 0.4) is 0 Å². The number of thioether (sulfide) groups is 1. The molecule has 0 unspecified atom stereocenters. The van der Waals surface area contributed by atoms with E-state index >= 15 is 0 Å². The maximum atomic E-state index is 10.8. The van der Waals surface area contributed by atoms with Gasteiger partial charge in [-0.3, -0.25) is 10.1 Å². The fourth-order valence-electron chi connectivity index (χ4n) is 1.22. The maximum Gasteiger partial charge on any atom is 0.280 e. The smallest absolute Gasteiger partial charge is 0.280 e. The Morgan fingerprint density at radius 1 is 1.56 bits per heavy atom. The fourth-order valence-corrected chi connectivity index (χ4v) is 1.51. The van der Waals surface area contributed by atoms with Gasteiger partial charge in [0.2, 0.25) is 0 Å². The minimum absolute atomic E-state index is 0.0664. The maximum absolute atomic E-state index is 10.8. The second-order valence-corrected chi connectivity index (χ2v) is 3.95. The van der Waals surface area contributed by atoms with Gasteiger partial charge in [0.05, 0.1) is 23.7 Å². The molecule has 0 spiro atoms. The van der Waals surface area contributed by atoms with E-state index in [0.717, 1.165) is 5.75 Å². The van der Waals surface area contributed by atoms with E-state index in [1.54, 1.807) is 30.0 Å². The molecule has 0 aliphatic heterocycles. The van der Waals surface area contributed by atoms with Crippen molar-refractivity contribution in [2.45, 2.75) is 0 Å². The van der Waals surface area contributed by atoms with Crippen molar-refractivity contribution in [1.82, 2.24) is 0 Å². The predicted octanol–water partition coefficient (Wildman–Crippen LogP) is 2.98. The normalized spacial score (nSPS) is 10.6. The van der Waals surface area contributed by atoms with Crippen LogP contribution < -0.4 is 4.74 Å². The standard InChI is InChI=1S/C11H13NO3S/c1-15-10-6-5-9(4-3-7-16-2)11(8-10)12(13)14/h3-6,8H,7H2,1-2H3. The summed E-state index contributed by atoms with van der Waals surface area (Å²) in [5.74, 6) is 1.33. The van der Waals surface area contributed by atoms with E-state index in [1.807, 2.05) is 12.3 Å². The molecule has 0 aromatic heterocycles. The Hall–Kier alpha value is -1.49. The first-order valence-electron chi connectivity index (χ1n) is 4.67. The Kier molecular flexibility index (Phi) is 4.85. The zero-order valence-electron chi connectivity index (χ0n) is 9.17. The van der Waals surface area contributed by atoms with Gasteiger partial charge in [0.1, 0.15) is 5.75 Å². The van der Waals surface area contributed by atoms with E-state index in [2.05, 4.69) is 0 Å². The number of nitro benzene ring substituents is 1. The largest absolute Gasteiger partial charge is 0.497 e. The topological polar surface area (TPSA) is 52.4 Å². The van der Waals surface area contributed by atoms with E-state index in [1.165, 1.54) is 13.2 Å². The molecule has 0 aliphatic carbocycles. The lowest BCUT2D eigenvalue weighted by Gasteiger charge is -2.01. The van der Waals surface area contributed by atoms with Gasteiger partial charge in [-0.05, 0) is 18.4 Å². The molecule has 1 aromatic rings. The summed E-state index contributed by atoms with van der Waals surface area (Å²) in [6.07, 6.45) is 5.64. The predicted molar refractivity (Wildman–Crippen MR) is 67.1 cm³/mol. The van der Waals surface area contributed by atoms with Crippen LogP contribution in [0, 0.1) is 10.1 Å². The van der Waals surface area contributed by atoms with Crippen LogP contribution in [-0.4, -0.2) is 24.0 Å². The summed E-state index contributed by atoms with van der Waals surface area (Å²) in [7, 11) is 1.49. The molecule has 4 nitrogen and oxygen atoms in total. The van der Waals surface area contributed by atoms with E-state index in [0.29, 0.717) is 11.3 Å². The van der Waals surface area contributed by atoms with Crippen LogP contribution in [-0.2, 0) is 0 Å². The average molecular weight is 239 g/mol. The molecule has 0 heterocycles. The fraction of sp³-hybridized carbons (Fsp3) is 0.273. The van der Waals surface area contributed by atoms with E-state index in [-0.39, 0.29) is 5.69 Å². The Morgan fingerprint density at radius 2 is 2.31 bits per heavy atom. The van der Waals surface area contributed by atoms with Crippen molar-refractivity contribution in [3.05, 3.63) is 40.0 Å². The summed E-state index contributed by atoms with van der Waals surface area (Å²) < 4.78 is 4.95. The molecule has 86 valence electrons. The van der Waals surface area contributed by atoms with Crippen LogP contribution in [0.2, 0.25) is 0 Å². The van der Waals surface area contributed by atoms with Crippen LogP contribution in [0.5, 0.6) is 5.75 Å². The molecule has 0 N–H and O–H groups in total. The van der Waals surface area contributed by atoms with E-state index < -0.39 is 4.92 Å². The molecule has 0 atom stereocenters. The second kappa shape index (κ2) is 6.17. The molecule has 0 amide bonds. The average Bonchev–Trinajstić information content (AvgIpc) is 2.29. The molecule has 16 heavy (non-hydrogen) atoms. The van der Waals surface area contributed by atoms with Crippen LogP contribution in [0.25, 0.3) is 6.08 Å². The lowest BCUT2D eigenvalue weighted by molar-refractivity contribution is -0.385. The third-order valence-electron chi connectivity index (χ3n) is 1.99. The SMILES string of the molecule is COc1ccc(C=CCSC)c([N+](=O)[O-])c1. The third kappa shape index (κ3) is 3.27. The summed E-state index contributed by atoms with van der Waals surface area (Å²) in [6, 6.07) is 4.83. The zero-order chi connectivity index (χ0) is 12.0. The van der Waals surface area contributed by atoms with Gasteiger partial charge in [0.25, 0.3) is 5.69 Å². The van der Waals surface area contributed by atoms with Crippen molar-refractivity contribution in [2.75, 3.05) is 19.1 Å². The summed E-state index contributed by atoms with van der Waals surface area (Å²) >= 11 is 1.66. The number of methoxy groups -OCH3 is 1. The molecular formula is C11H13NO3S. The third-order valence-corrected chi connectivity index (χ3v) is 2.52. The van der Waals surface area contributed by atoms with Crippen LogP contribution in [0.1, 0.15) is 5.56 Å². The van der Waals surface area contributed by atoms with Gasteiger partial charge in [0.15, 0.2) is 0 Å². The molecule has 0 bridgehead atoms. The monoisotopic (exact) mass is 239 g/mol. The molecule has 0 saturated heterocycles. The Bertz CT molecular complexity index is 404. The molecule has 1 aromatic carbocycles. The van der Waals surface area contributed by atoms with Crippen molar-refractivity contribution >= 4 is 23.5 Å². The quantitative estimate of drug-likeness (QED) is 0.585. The lowest BCUT2D eigenvalue weighted by atomic mass is 10.1. The van der Waals surface area contributed by atoms with Gasteiger partial charge in [-0.1, -0.05) is 12.2 Å². The van der Waals surface area contributed by atoms with Crippen LogP contribution >= 0.6 is 11.8 Å². The molecule has 0 fully saturated rings. The number of hydrogen-bond acceptors (Lipinski definition) is 4. The van der Waals surface area contributed by atoms with Gasteiger partial charge in [-0.2, -0.15) is 11.8 Å². The second-order valence-electron chi connectivity index (χ2n) is 3.04. The minimum Gasteiger partial charge on any atom is -0.497 e. The van der Waals surface area contributed by atoms with Crippen molar-refractivity contribution in [1.29, 1.82) is 0 Å². The molecule has 1 rings (SSSR count). The first-order valence-corrected chi connectivity index (χ1v) is 6.06. The number of benzene rings is 1. The summed E-state index contributed by atoms with van der Waals surface area (Å²) in [4.78, 5) is 10.4. The van der Waals surface area contributed by atoms with Gasteiger partial charge in [-0.25, -0.2) is 0 Å². The Labute approximate surface area is 98.5 Å². The highest BCUT2D eigenvalue weighted by molar-refractivity contribution is 7.98. The molecule has 0 aliphatic rings. The van der Waals surface area contributed by atoms with E-state index in [9.17, 15) is 10.1 Å². The molecular weight excluding hydrogens is 226 g/mol. The number of ether oxygens (including phenoxy) is 1. The highest BCUT2D eigenvalue weighted by atomic mass is 32.2. The number of rotatable bonds is 5. The number of nitrogens with zero attached hydrogens (tertiary/aromatic N) is 1. The number of nitro groups is 1. The van der Waals surface area contributed by atoms with Crippen molar-refractivity contribution < 1.29 is 9.66 Å². The Morgan fingerprint density at radius 3 is 2.88 bits per heavy atom. The highest BCUT2D eigenvalue weighted by Gasteiger charge is 2.12. The van der Waals surface area contributed by atoms with Gasteiger partial charge in [-0.15, -0.1) is 0 Å². The first-order chi connectivity index (χ1) is 7.69. The summed E-state index contributed by atoms with van der Waals surface area (Å²) in [6.45, 7) is 0. The Balaban J connectivity index is 3.03.